The molecule has 0 atom stereocenters. The molecule has 1 aliphatic heterocycles. The number of carbonyl (C=O) groups is 1. The number of nitrogens with zero attached hydrogens (tertiary/aromatic N) is 2. The van der Waals surface area contributed by atoms with Gasteiger partial charge in [0.2, 0.25) is 0 Å². The summed E-state index contributed by atoms with van der Waals surface area (Å²) in [6, 6.07) is 15.6. The first-order chi connectivity index (χ1) is 11.6. The quantitative estimate of drug-likeness (QED) is 0.914. The highest BCUT2D eigenvalue weighted by Gasteiger charge is 2.21. The molecule has 1 aliphatic rings. The summed E-state index contributed by atoms with van der Waals surface area (Å²) in [5, 5.41) is 3.59. The Kier molecular flexibility index (Phi) is 5.38. The van der Waals surface area contributed by atoms with Crippen molar-refractivity contribution in [1.82, 2.24) is 9.80 Å². The van der Waals surface area contributed by atoms with Gasteiger partial charge in [0, 0.05) is 43.4 Å². The number of benzene rings is 2. The molecule has 0 aromatic heterocycles. The highest BCUT2D eigenvalue weighted by molar-refractivity contribution is 6.30. The molecule has 0 aliphatic carbocycles. The van der Waals surface area contributed by atoms with Crippen LogP contribution >= 0.6 is 11.6 Å². The summed E-state index contributed by atoms with van der Waals surface area (Å²) in [5.41, 5.74) is 3.45. The average molecular weight is 344 g/mol. The Morgan fingerprint density at radius 2 is 1.71 bits per heavy atom. The van der Waals surface area contributed by atoms with E-state index in [9.17, 15) is 4.79 Å². The lowest BCUT2D eigenvalue weighted by molar-refractivity contribution is 0.143. The van der Waals surface area contributed by atoms with Gasteiger partial charge < -0.3 is 10.2 Å². The summed E-state index contributed by atoms with van der Waals surface area (Å²) in [5.74, 6) is 0. The van der Waals surface area contributed by atoms with Gasteiger partial charge in [0.25, 0.3) is 0 Å². The number of hydrogen-bond donors (Lipinski definition) is 1. The third-order valence-corrected chi connectivity index (χ3v) is 4.66. The highest BCUT2D eigenvalue weighted by atomic mass is 35.5. The molecule has 1 heterocycles. The molecular weight excluding hydrogens is 322 g/mol. The third kappa shape index (κ3) is 4.28. The van der Waals surface area contributed by atoms with E-state index in [2.05, 4.69) is 41.4 Å². The van der Waals surface area contributed by atoms with E-state index >= 15 is 0 Å². The van der Waals surface area contributed by atoms with Crippen molar-refractivity contribution in [2.45, 2.75) is 13.5 Å². The van der Waals surface area contributed by atoms with E-state index in [0.29, 0.717) is 5.02 Å². The van der Waals surface area contributed by atoms with Crippen LogP contribution in [-0.4, -0.2) is 42.0 Å². The van der Waals surface area contributed by atoms with Crippen LogP contribution in [0.1, 0.15) is 11.1 Å². The molecule has 2 aromatic rings. The third-order valence-electron chi connectivity index (χ3n) is 4.41. The molecule has 0 bridgehead atoms. The number of nitrogens with one attached hydrogen (secondary N) is 1. The topological polar surface area (TPSA) is 35.6 Å². The smallest absolute Gasteiger partial charge is 0.321 e. The monoisotopic (exact) mass is 343 g/mol. The zero-order valence-corrected chi connectivity index (χ0v) is 14.6. The Hall–Kier alpha value is -2.04. The van der Waals surface area contributed by atoms with E-state index in [0.717, 1.165) is 38.4 Å². The fourth-order valence-corrected chi connectivity index (χ4v) is 3.00. The lowest BCUT2D eigenvalue weighted by Gasteiger charge is -2.35. The van der Waals surface area contributed by atoms with Crippen molar-refractivity contribution in [3.05, 3.63) is 64.7 Å². The maximum atomic E-state index is 12.3. The van der Waals surface area contributed by atoms with Gasteiger partial charge in [-0.1, -0.05) is 35.9 Å². The van der Waals surface area contributed by atoms with E-state index in [1.165, 1.54) is 11.1 Å². The summed E-state index contributed by atoms with van der Waals surface area (Å²) in [6.07, 6.45) is 0. The van der Waals surface area contributed by atoms with Crippen molar-refractivity contribution in [3.63, 3.8) is 0 Å². The molecular formula is C19H22ClN3O. The predicted octanol–water partition coefficient (Wildman–Crippen LogP) is 4.00. The minimum absolute atomic E-state index is 0.0483. The van der Waals surface area contributed by atoms with E-state index < -0.39 is 0 Å². The van der Waals surface area contributed by atoms with Crippen LogP contribution < -0.4 is 5.32 Å². The van der Waals surface area contributed by atoms with Gasteiger partial charge in [-0.25, -0.2) is 4.79 Å². The SMILES string of the molecule is Cc1ccccc1CN1CCN(C(=O)Nc2ccc(Cl)cc2)CC1. The zero-order chi connectivity index (χ0) is 16.9. The maximum absolute atomic E-state index is 12.3. The van der Waals surface area contributed by atoms with Crippen LogP contribution in [0.5, 0.6) is 0 Å². The number of halogens is 1. The highest BCUT2D eigenvalue weighted by Crippen LogP contribution is 2.15. The van der Waals surface area contributed by atoms with E-state index in [1.54, 1.807) is 12.1 Å². The molecule has 2 amide bonds. The molecule has 4 nitrogen and oxygen atoms in total. The second-order valence-corrected chi connectivity index (χ2v) is 6.56. The molecule has 2 aromatic carbocycles. The Labute approximate surface area is 148 Å². The van der Waals surface area contributed by atoms with Crippen LogP contribution in [-0.2, 0) is 6.54 Å². The largest absolute Gasteiger partial charge is 0.322 e. The van der Waals surface area contributed by atoms with Crippen molar-refractivity contribution in [1.29, 1.82) is 0 Å². The predicted molar refractivity (Wildman–Crippen MR) is 98.5 cm³/mol. The second-order valence-electron chi connectivity index (χ2n) is 6.13. The van der Waals surface area contributed by atoms with Gasteiger partial charge in [-0.15, -0.1) is 0 Å². The first kappa shape index (κ1) is 16.8. The minimum atomic E-state index is -0.0483. The number of aryl methyl sites for hydroxylation is 1. The van der Waals surface area contributed by atoms with Gasteiger partial charge in [0.15, 0.2) is 0 Å². The molecule has 24 heavy (non-hydrogen) atoms. The summed E-state index contributed by atoms with van der Waals surface area (Å²) in [4.78, 5) is 16.6. The van der Waals surface area contributed by atoms with E-state index in [4.69, 9.17) is 11.6 Å². The minimum Gasteiger partial charge on any atom is -0.322 e. The van der Waals surface area contributed by atoms with Crippen LogP contribution in [0.4, 0.5) is 10.5 Å². The first-order valence-electron chi connectivity index (χ1n) is 8.20. The van der Waals surface area contributed by atoms with Crippen LogP contribution in [0.15, 0.2) is 48.5 Å². The zero-order valence-electron chi connectivity index (χ0n) is 13.8. The maximum Gasteiger partial charge on any atom is 0.321 e. The van der Waals surface area contributed by atoms with Gasteiger partial charge in [-0.2, -0.15) is 0 Å². The van der Waals surface area contributed by atoms with Gasteiger partial charge in [0.1, 0.15) is 0 Å². The molecule has 0 spiro atoms. The lowest BCUT2D eigenvalue weighted by atomic mass is 10.1. The molecule has 0 unspecified atom stereocenters. The van der Waals surface area contributed by atoms with E-state index in [1.807, 2.05) is 17.0 Å². The molecule has 1 saturated heterocycles. The van der Waals surface area contributed by atoms with Gasteiger partial charge >= 0.3 is 6.03 Å². The van der Waals surface area contributed by atoms with Crippen LogP contribution in [0.3, 0.4) is 0 Å². The lowest BCUT2D eigenvalue weighted by Crippen LogP contribution is -2.49. The number of hydrogen-bond acceptors (Lipinski definition) is 2. The second kappa shape index (κ2) is 7.69. The molecule has 126 valence electrons. The number of carbonyl (C=O) groups excluding carboxylic acids is 1. The number of urea groups is 1. The first-order valence-corrected chi connectivity index (χ1v) is 8.58. The molecule has 0 saturated carbocycles. The number of rotatable bonds is 3. The summed E-state index contributed by atoms with van der Waals surface area (Å²) < 4.78 is 0. The molecule has 5 heteroatoms. The number of anilines is 1. The van der Waals surface area contributed by atoms with Crippen molar-refractivity contribution >= 4 is 23.3 Å². The van der Waals surface area contributed by atoms with Crippen molar-refractivity contribution in [2.24, 2.45) is 0 Å². The number of piperazine rings is 1. The van der Waals surface area contributed by atoms with Crippen molar-refractivity contribution in [3.8, 4) is 0 Å². The molecule has 3 rings (SSSR count). The Balaban J connectivity index is 1.50. The Morgan fingerprint density at radius 3 is 2.38 bits per heavy atom. The summed E-state index contributed by atoms with van der Waals surface area (Å²) in [6.45, 7) is 6.35. The summed E-state index contributed by atoms with van der Waals surface area (Å²) in [7, 11) is 0. The van der Waals surface area contributed by atoms with Gasteiger partial charge in [0.05, 0.1) is 0 Å². The fraction of sp³-hybridized carbons (Fsp3) is 0.316. The molecule has 1 fully saturated rings. The summed E-state index contributed by atoms with van der Waals surface area (Å²) >= 11 is 5.86. The normalized spacial score (nSPS) is 15.3. The number of amides is 2. The molecule has 0 radical (unpaired) electrons. The Bertz CT molecular complexity index is 694. The van der Waals surface area contributed by atoms with Crippen molar-refractivity contribution in [2.75, 3.05) is 31.5 Å². The standard InChI is InChI=1S/C19H22ClN3O/c1-15-4-2-3-5-16(15)14-22-10-12-23(13-11-22)19(24)21-18-8-6-17(20)7-9-18/h2-9H,10-14H2,1H3,(H,21,24). The van der Waals surface area contributed by atoms with Gasteiger partial charge in [-0.05, 0) is 42.3 Å². The average Bonchev–Trinajstić information content (AvgIpc) is 2.59. The van der Waals surface area contributed by atoms with Crippen LogP contribution in [0.25, 0.3) is 0 Å². The molecule has 1 N–H and O–H groups in total. The Morgan fingerprint density at radius 1 is 1.04 bits per heavy atom. The van der Waals surface area contributed by atoms with Gasteiger partial charge in [-0.3, -0.25) is 4.90 Å². The van der Waals surface area contributed by atoms with E-state index in [-0.39, 0.29) is 6.03 Å². The van der Waals surface area contributed by atoms with Crippen LogP contribution in [0.2, 0.25) is 5.02 Å². The fourth-order valence-electron chi connectivity index (χ4n) is 2.87. The van der Waals surface area contributed by atoms with Crippen molar-refractivity contribution < 1.29 is 4.79 Å². The van der Waals surface area contributed by atoms with Crippen LogP contribution in [0, 0.1) is 6.92 Å².